The third-order valence-corrected chi connectivity index (χ3v) is 5.40. The van der Waals surface area contributed by atoms with Gasteiger partial charge in [-0.1, -0.05) is 12.5 Å². The van der Waals surface area contributed by atoms with Crippen molar-refractivity contribution in [2.75, 3.05) is 32.8 Å². The topological polar surface area (TPSA) is 50.1 Å². The van der Waals surface area contributed by atoms with E-state index < -0.39 is 0 Å². The summed E-state index contributed by atoms with van der Waals surface area (Å²) in [5.41, 5.74) is 3.22. The van der Waals surface area contributed by atoms with Crippen LogP contribution in [-0.2, 0) is 16.1 Å². The van der Waals surface area contributed by atoms with E-state index in [1.54, 1.807) is 0 Å². The highest BCUT2D eigenvalue weighted by Gasteiger charge is 2.33. The molecule has 4 heterocycles. The molecule has 0 spiro atoms. The van der Waals surface area contributed by atoms with E-state index in [0.29, 0.717) is 13.2 Å². The van der Waals surface area contributed by atoms with Gasteiger partial charge in [-0.3, -0.25) is 9.69 Å². The molecule has 0 aliphatic carbocycles. The monoisotopic (exact) mass is 342 g/mol. The van der Waals surface area contributed by atoms with Crippen molar-refractivity contribution in [1.29, 1.82) is 0 Å². The number of piperidine rings is 1. The van der Waals surface area contributed by atoms with E-state index in [9.17, 15) is 4.79 Å². The number of imidazole rings is 1. The minimum Gasteiger partial charge on any atom is -0.378 e. The number of amides is 1. The van der Waals surface area contributed by atoms with E-state index in [-0.39, 0.29) is 11.9 Å². The highest BCUT2D eigenvalue weighted by atomic mass is 16.5. The van der Waals surface area contributed by atoms with Crippen LogP contribution in [0.15, 0.2) is 24.4 Å². The van der Waals surface area contributed by atoms with Crippen LogP contribution in [0.2, 0.25) is 0 Å². The normalized spacial score (nSPS) is 22.4. The third-order valence-electron chi connectivity index (χ3n) is 5.40. The van der Waals surface area contributed by atoms with Crippen LogP contribution in [0.1, 0.15) is 30.7 Å². The number of hydrogen-bond acceptors (Lipinski definition) is 4. The van der Waals surface area contributed by atoms with Crippen molar-refractivity contribution in [3.63, 3.8) is 0 Å². The summed E-state index contributed by atoms with van der Waals surface area (Å²) >= 11 is 0. The van der Waals surface area contributed by atoms with Crippen molar-refractivity contribution in [3.05, 3.63) is 35.8 Å². The second-order valence-corrected chi connectivity index (χ2v) is 6.99. The number of rotatable bonds is 3. The van der Waals surface area contributed by atoms with Crippen LogP contribution < -0.4 is 0 Å². The first-order chi connectivity index (χ1) is 12.2. The highest BCUT2D eigenvalue weighted by molar-refractivity contribution is 5.82. The van der Waals surface area contributed by atoms with Gasteiger partial charge >= 0.3 is 0 Å². The maximum Gasteiger partial charge on any atom is 0.240 e. The first-order valence-corrected chi connectivity index (χ1v) is 9.27. The predicted molar refractivity (Wildman–Crippen MR) is 95.4 cm³/mol. The summed E-state index contributed by atoms with van der Waals surface area (Å²) in [7, 11) is 0. The smallest absolute Gasteiger partial charge is 0.240 e. The molecule has 0 N–H and O–H groups in total. The molecule has 2 aromatic heterocycles. The molecule has 0 radical (unpaired) electrons. The molecule has 2 fully saturated rings. The second-order valence-electron chi connectivity index (χ2n) is 6.99. The number of pyridine rings is 1. The number of ether oxygens (including phenoxy) is 1. The summed E-state index contributed by atoms with van der Waals surface area (Å²) in [5.74, 6) is 0.273. The minimum atomic E-state index is -0.0134. The molecule has 2 aliphatic heterocycles. The van der Waals surface area contributed by atoms with Gasteiger partial charge in [-0.2, -0.15) is 0 Å². The van der Waals surface area contributed by atoms with E-state index in [2.05, 4.69) is 27.4 Å². The van der Waals surface area contributed by atoms with Gasteiger partial charge in [-0.15, -0.1) is 0 Å². The summed E-state index contributed by atoms with van der Waals surface area (Å²) in [6.07, 6.45) is 5.30. The van der Waals surface area contributed by atoms with Gasteiger partial charge in [-0.05, 0) is 38.4 Å². The van der Waals surface area contributed by atoms with Gasteiger partial charge < -0.3 is 14.0 Å². The Morgan fingerprint density at radius 2 is 2.08 bits per heavy atom. The van der Waals surface area contributed by atoms with Crippen molar-refractivity contribution in [1.82, 2.24) is 19.2 Å². The fourth-order valence-corrected chi connectivity index (χ4v) is 4.00. The molecule has 0 bridgehead atoms. The Morgan fingerprint density at radius 1 is 1.24 bits per heavy atom. The molecule has 1 unspecified atom stereocenters. The Morgan fingerprint density at radius 3 is 2.92 bits per heavy atom. The van der Waals surface area contributed by atoms with Crippen LogP contribution in [0.4, 0.5) is 0 Å². The summed E-state index contributed by atoms with van der Waals surface area (Å²) in [6, 6.07) is 6.06. The number of carbonyl (C=O) groups is 1. The fraction of sp³-hybridized carbons (Fsp3) is 0.579. The number of fused-ring (bicyclic) bond motifs is 1. The maximum absolute atomic E-state index is 13.0. The molecular formula is C19H26N4O2. The molecule has 4 rings (SSSR count). The Balaban J connectivity index is 1.56. The van der Waals surface area contributed by atoms with E-state index in [4.69, 9.17) is 4.74 Å². The summed E-state index contributed by atoms with van der Waals surface area (Å²) < 4.78 is 7.55. The molecule has 6 heteroatoms. The van der Waals surface area contributed by atoms with Crippen LogP contribution >= 0.6 is 0 Å². The standard InChI is InChI=1S/C19H26N4O2/c1-15-17(23-9-5-3-7-18(23)20-15)14-22-8-4-2-6-16(22)19(24)21-10-12-25-13-11-21/h3,5,7,9,16H,2,4,6,8,10-14H2,1H3. The minimum absolute atomic E-state index is 0.0134. The first kappa shape index (κ1) is 16.5. The van der Waals surface area contributed by atoms with Gasteiger partial charge in [0.25, 0.3) is 0 Å². The molecule has 0 saturated carbocycles. The zero-order valence-corrected chi connectivity index (χ0v) is 14.9. The maximum atomic E-state index is 13.0. The lowest BCUT2D eigenvalue weighted by molar-refractivity contribution is -0.142. The van der Waals surface area contributed by atoms with E-state index in [1.165, 1.54) is 5.69 Å². The van der Waals surface area contributed by atoms with Crippen molar-refractivity contribution in [2.24, 2.45) is 0 Å². The van der Waals surface area contributed by atoms with Crippen LogP contribution in [0.5, 0.6) is 0 Å². The van der Waals surface area contributed by atoms with Crippen molar-refractivity contribution >= 4 is 11.6 Å². The molecule has 2 aliphatic rings. The van der Waals surface area contributed by atoms with Crippen LogP contribution in [-0.4, -0.2) is 64.0 Å². The second kappa shape index (κ2) is 7.14. The van der Waals surface area contributed by atoms with Gasteiger partial charge in [0.15, 0.2) is 0 Å². The molecule has 134 valence electrons. The van der Waals surface area contributed by atoms with E-state index >= 15 is 0 Å². The van der Waals surface area contributed by atoms with Crippen LogP contribution in [0.3, 0.4) is 0 Å². The zero-order valence-electron chi connectivity index (χ0n) is 14.9. The highest BCUT2D eigenvalue weighted by Crippen LogP contribution is 2.23. The molecule has 2 saturated heterocycles. The molecule has 1 amide bonds. The largest absolute Gasteiger partial charge is 0.378 e. The molecule has 6 nitrogen and oxygen atoms in total. The molecule has 0 aromatic carbocycles. The lowest BCUT2D eigenvalue weighted by atomic mass is 10.00. The Bertz CT molecular complexity index is 751. The van der Waals surface area contributed by atoms with E-state index in [0.717, 1.165) is 56.8 Å². The molecular weight excluding hydrogens is 316 g/mol. The molecule has 2 aromatic rings. The average molecular weight is 342 g/mol. The van der Waals surface area contributed by atoms with Crippen LogP contribution in [0, 0.1) is 6.92 Å². The molecule has 25 heavy (non-hydrogen) atoms. The Hall–Kier alpha value is -1.92. The van der Waals surface area contributed by atoms with Crippen molar-refractivity contribution < 1.29 is 9.53 Å². The van der Waals surface area contributed by atoms with Crippen LogP contribution in [0.25, 0.3) is 5.65 Å². The number of hydrogen-bond donors (Lipinski definition) is 0. The van der Waals surface area contributed by atoms with Gasteiger partial charge in [0.1, 0.15) is 5.65 Å². The van der Waals surface area contributed by atoms with Gasteiger partial charge in [0.2, 0.25) is 5.91 Å². The number of carbonyl (C=O) groups excluding carboxylic acids is 1. The first-order valence-electron chi connectivity index (χ1n) is 9.27. The number of likely N-dealkylation sites (tertiary alicyclic amines) is 1. The van der Waals surface area contributed by atoms with E-state index in [1.807, 2.05) is 23.1 Å². The SMILES string of the molecule is Cc1nc2ccccn2c1CN1CCCCC1C(=O)N1CCOCC1. The Labute approximate surface area is 148 Å². The number of aromatic nitrogens is 2. The number of aryl methyl sites for hydroxylation is 1. The fourth-order valence-electron chi connectivity index (χ4n) is 4.00. The zero-order chi connectivity index (χ0) is 17.2. The summed E-state index contributed by atoms with van der Waals surface area (Å²) in [6.45, 7) is 6.56. The average Bonchev–Trinajstić information content (AvgIpc) is 2.98. The van der Waals surface area contributed by atoms with Crippen molar-refractivity contribution in [2.45, 2.75) is 38.8 Å². The lowest BCUT2D eigenvalue weighted by Gasteiger charge is -2.38. The number of nitrogens with zero attached hydrogens (tertiary/aromatic N) is 4. The predicted octanol–water partition coefficient (Wildman–Crippen LogP) is 1.86. The summed E-state index contributed by atoms with van der Waals surface area (Å²) in [4.78, 5) is 22.0. The van der Waals surface area contributed by atoms with Gasteiger partial charge in [0, 0.05) is 25.8 Å². The summed E-state index contributed by atoms with van der Waals surface area (Å²) in [5, 5.41) is 0. The third kappa shape index (κ3) is 3.28. The Kier molecular flexibility index (Phi) is 4.72. The lowest BCUT2D eigenvalue weighted by Crippen LogP contribution is -2.53. The quantitative estimate of drug-likeness (QED) is 0.854. The molecule has 1 atom stereocenters. The van der Waals surface area contributed by atoms with Crippen molar-refractivity contribution in [3.8, 4) is 0 Å². The van der Waals surface area contributed by atoms with Gasteiger partial charge in [0.05, 0.1) is 30.6 Å². The van der Waals surface area contributed by atoms with Gasteiger partial charge in [-0.25, -0.2) is 4.98 Å². The number of morpholine rings is 1.